The minimum atomic E-state index is -0.580. The molecule has 18 heavy (non-hydrogen) atoms. The standard InChI is InChI=1S/C12H13FN4O/c1-3-10-9(7-17(2)16-10)12(18)15-8-4-5-11(13)14-6-8/h4-7H,3H2,1-2H3,(H,15,18). The van der Waals surface area contributed by atoms with Crippen LogP contribution in [0.2, 0.25) is 0 Å². The molecule has 0 fully saturated rings. The van der Waals surface area contributed by atoms with E-state index in [9.17, 15) is 9.18 Å². The number of rotatable bonds is 3. The van der Waals surface area contributed by atoms with Crippen LogP contribution in [0.5, 0.6) is 0 Å². The number of halogens is 1. The molecule has 0 saturated carbocycles. The van der Waals surface area contributed by atoms with Gasteiger partial charge < -0.3 is 5.32 Å². The number of hydrogen-bond acceptors (Lipinski definition) is 3. The van der Waals surface area contributed by atoms with E-state index in [1.165, 1.54) is 18.3 Å². The molecule has 0 aromatic carbocycles. The van der Waals surface area contributed by atoms with E-state index in [0.717, 1.165) is 5.69 Å². The van der Waals surface area contributed by atoms with Crippen LogP contribution in [-0.2, 0) is 13.5 Å². The first-order valence-corrected chi connectivity index (χ1v) is 5.55. The molecule has 2 aromatic heterocycles. The molecule has 94 valence electrons. The lowest BCUT2D eigenvalue weighted by Gasteiger charge is -2.03. The molecular formula is C12H13FN4O. The third-order valence-corrected chi connectivity index (χ3v) is 2.47. The Hall–Kier alpha value is -2.24. The summed E-state index contributed by atoms with van der Waals surface area (Å²) in [5, 5.41) is 6.84. The second kappa shape index (κ2) is 4.95. The maximum absolute atomic E-state index is 12.6. The molecule has 0 atom stereocenters. The Morgan fingerprint density at radius 2 is 2.28 bits per heavy atom. The third-order valence-electron chi connectivity index (χ3n) is 2.47. The fraction of sp³-hybridized carbons (Fsp3) is 0.250. The fourth-order valence-electron chi connectivity index (χ4n) is 1.63. The zero-order valence-electron chi connectivity index (χ0n) is 10.1. The van der Waals surface area contributed by atoms with E-state index in [2.05, 4.69) is 15.4 Å². The molecular weight excluding hydrogens is 235 g/mol. The van der Waals surface area contributed by atoms with E-state index in [1.54, 1.807) is 17.9 Å². The summed E-state index contributed by atoms with van der Waals surface area (Å²) in [5.74, 6) is -0.850. The topological polar surface area (TPSA) is 59.8 Å². The summed E-state index contributed by atoms with van der Waals surface area (Å²) >= 11 is 0. The van der Waals surface area contributed by atoms with Gasteiger partial charge in [0.2, 0.25) is 5.95 Å². The minimum Gasteiger partial charge on any atom is -0.320 e. The predicted molar refractivity (Wildman–Crippen MR) is 64.7 cm³/mol. The van der Waals surface area contributed by atoms with Gasteiger partial charge in [-0.1, -0.05) is 6.92 Å². The Balaban J connectivity index is 2.19. The van der Waals surface area contributed by atoms with Crippen molar-refractivity contribution in [3.63, 3.8) is 0 Å². The molecule has 0 saturated heterocycles. The van der Waals surface area contributed by atoms with Crippen LogP contribution in [0, 0.1) is 5.95 Å². The van der Waals surface area contributed by atoms with Crippen LogP contribution in [0.25, 0.3) is 0 Å². The summed E-state index contributed by atoms with van der Waals surface area (Å²) in [6, 6.07) is 2.65. The van der Waals surface area contributed by atoms with Crippen LogP contribution < -0.4 is 5.32 Å². The number of pyridine rings is 1. The maximum atomic E-state index is 12.6. The summed E-state index contributed by atoms with van der Waals surface area (Å²) < 4.78 is 14.2. The number of nitrogens with zero attached hydrogens (tertiary/aromatic N) is 3. The Morgan fingerprint density at radius 1 is 1.50 bits per heavy atom. The number of amides is 1. The normalized spacial score (nSPS) is 10.4. The van der Waals surface area contributed by atoms with Crippen molar-refractivity contribution in [1.29, 1.82) is 0 Å². The van der Waals surface area contributed by atoms with Gasteiger partial charge in [-0.2, -0.15) is 9.49 Å². The Bertz CT molecular complexity index is 562. The number of anilines is 1. The van der Waals surface area contributed by atoms with Gasteiger partial charge in [-0.25, -0.2) is 4.98 Å². The molecule has 0 radical (unpaired) electrons. The summed E-state index contributed by atoms with van der Waals surface area (Å²) in [6.07, 6.45) is 3.60. The molecule has 2 rings (SSSR count). The number of aryl methyl sites for hydroxylation is 2. The molecule has 0 bridgehead atoms. The van der Waals surface area contributed by atoms with Crippen LogP contribution in [0.4, 0.5) is 10.1 Å². The van der Waals surface area contributed by atoms with Gasteiger partial charge in [-0.3, -0.25) is 9.48 Å². The smallest absolute Gasteiger partial charge is 0.259 e. The van der Waals surface area contributed by atoms with Crippen LogP contribution >= 0.6 is 0 Å². The second-order valence-corrected chi connectivity index (χ2v) is 3.84. The molecule has 6 heteroatoms. The largest absolute Gasteiger partial charge is 0.320 e. The minimum absolute atomic E-state index is 0.270. The summed E-state index contributed by atoms with van der Waals surface area (Å²) in [5.41, 5.74) is 1.70. The highest BCUT2D eigenvalue weighted by Gasteiger charge is 2.14. The van der Waals surface area contributed by atoms with E-state index in [-0.39, 0.29) is 5.91 Å². The van der Waals surface area contributed by atoms with Crippen LogP contribution in [0.3, 0.4) is 0 Å². The number of hydrogen-bond donors (Lipinski definition) is 1. The number of carbonyl (C=O) groups is 1. The quantitative estimate of drug-likeness (QED) is 0.842. The van der Waals surface area contributed by atoms with Gasteiger partial charge in [0.05, 0.1) is 23.1 Å². The fourth-order valence-corrected chi connectivity index (χ4v) is 1.63. The maximum Gasteiger partial charge on any atom is 0.259 e. The first kappa shape index (κ1) is 12.2. The van der Waals surface area contributed by atoms with Crippen molar-refractivity contribution in [2.24, 2.45) is 7.05 Å². The van der Waals surface area contributed by atoms with Gasteiger partial charge in [0.15, 0.2) is 0 Å². The molecule has 0 aliphatic carbocycles. The molecule has 0 unspecified atom stereocenters. The number of aromatic nitrogens is 3. The second-order valence-electron chi connectivity index (χ2n) is 3.84. The third kappa shape index (κ3) is 2.53. The van der Waals surface area contributed by atoms with Gasteiger partial charge in [-0.05, 0) is 18.6 Å². The number of nitrogens with one attached hydrogen (secondary N) is 1. The van der Waals surface area contributed by atoms with Crippen molar-refractivity contribution in [2.45, 2.75) is 13.3 Å². The van der Waals surface area contributed by atoms with E-state index in [1.807, 2.05) is 6.92 Å². The zero-order valence-corrected chi connectivity index (χ0v) is 10.1. The van der Waals surface area contributed by atoms with Crippen LogP contribution in [0.1, 0.15) is 23.0 Å². The van der Waals surface area contributed by atoms with E-state index in [0.29, 0.717) is 17.7 Å². The van der Waals surface area contributed by atoms with Crippen molar-refractivity contribution in [2.75, 3.05) is 5.32 Å². The molecule has 1 amide bonds. The van der Waals surface area contributed by atoms with Gasteiger partial charge in [0, 0.05) is 13.2 Å². The van der Waals surface area contributed by atoms with Crippen molar-refractivity contribution >= 4 is 11.6 Å². The Kier molecular flexibility index (Phi) is 3.36. The zero-order chi connectivity index (χ0) is 13.1. The van der Waals surface area contributed by atoms with Crippen molar-refractivity contribution in [3.05, 3.63) is 41.7 Å². The highest BCUT2D eigenvalue weighted by molar-refractivity contribution is 6.04. The number of carbonyl (C=O) groups excluding carboxylic acids is 1. The first-order valence-electron chi connectivity index (χ1n) is 5.55. The lowest BCUT2D eigenvalue weighted by Crippen LogP contribution is -2.13. The molecule has 1 N–H and O–H groups in total. The monoisotopic (exact) mass is 248 g/mol. The SMILES string of the molecule is CCc1nn(C)cc1C(=O)Nc1ccc(F)nc1. The van der Waals surface area contributed by atoms with Crippen LogP contribution in [-0.4, -0.2) is 20.7 Å². The lowest BCUT2D eigenvalue weighted by atomic mass is 10.2. The summed E-state index contributed by atoms with van der Waals surface area (Å²) in [6.45, 7) is 1.93. The predicted octanol–water partition coefficient (Wildman–Crippen LogP) is 1.77. The molecule has 2 heterocycles. The van der Waals surface area contributed by atoms with Crippen molar-refractivity contribution in [3.8, 4) is 0 Å². The highest BCUT2D eigenvalue weighted by Crippen LogP contribution is 2.11. The van der Waals surface area contributed by atoms with Crippen molar-refractivity contribution in [1.82, 2.24) is 14.8 Å². The van der Waals surface area contributed by atoms with Gasteiger partial charge in [-0.15, -0.1) is 0 Å². The van der Waals surface area contributed by atoms with E-state index in [4.69, 9.17) is 0 Å². The van der Waals surface area contributed by atoms with Gasteiger partial charge >= 0.3 is 0 Å². The highest BCUT2D eigenvalue weighted by atomic mass is 19.1. The lowest BCUT2D eigenvalue weighted by molar-refractivity contribution is 0.102. The Labute approximate surface area is 104 Å². The van der Waals surface area contributed by atoms with Crippen molar-refractivity contribution < 1.29 is 9.18 Å². The average molecular weight is 248 g/mol. The summed E-state index contributed by atoms with van der Waals surface area (Å²) in [4.78, 5) is 15.5. The van der Waals surface area contributed by atoms with Gasteiger partial charge in [0.25, 0.3) is 5.91 Å². The molecule has 0 aliphatic heterocycles. The van der Waals surface area contributed by atoms with Crippen LogP contribution in [0.15, 0.2) is 24.5 Å². The average Bonchev–Trinajstić information content (AvgIpc) is 2.73. The molecule has 0 aliphatic rings. The summed E-state index contributed by atoms with van der Waals surface area (Å²) in [7, 11) is 1.76. The molecule has 2 aromatic rings. The molecule has 0 spiro atoms. The van der Waals surface area contributed by atoms with Gasteiger partial charge in [0.1, 0.15) is 0 Å². The van der Waals surface area contributed by atoms with E-state index < -0.39 is 5.95 Å². The van der Waals surface area contributed by atoms with E-state index >= 15 is 0 Å². The first-order chi connectivity index (χ1) is 8.60. The Morgan fingerprint density at radius 3 is 2.89 bits per heavy atom. The molecule has 5 nitrogen and oxygen atoms in total.